The fraction of sp³-hybridized carbons (Fsp3) is 0.600. The Balaban J connectivity index is 1.73. The van der Waals surface area contributed by atoms with Crippen molar-refractivity contribution in [1.29, 1.82) is 0 Å². The molecule has 0 spiro atoms. The van der Waals surface area contributed by atoms with E-state index in [0.717, 1.165) is 24.0 Å². The second kappa shape index (κ2) is 6.32. The molecule has 1 saturated carbocycles. The molecule has 3 rings (SSSR count). The molecule has 21 heavy (non-hydrogen) atoms. The van der Waals surface area contributed by atoms with Crippen molar-refractivity contribution in [1.82, 2.24) is 10.3 Å². The Morgan fingerprint density at radius 2 is 2.29 bits per heavy atom. The Morgan fingerprint density at radius 1 is 1.48 bits per heavy atom. The SMILES string of the molecule is CCNc1ncc(Br)cc1C(=O)NC1CCOC1C1CC1. The predicted octanol–water partition coefficient (Wildman–Crippen LogP) is 2.57. The van der Waals surface area contributed by atoms with Crippen LogP contribution in [0.3, 0.4) is 0 Å². The maximum Gasteiger partial charge on any atom is 0.255 e. The number of ether oxygens (including phenoxy) is 1. The Morgan fingerprint density at radius 3 is 3.00 bits per heavy atom. The lowest BCUT2D eigenvalue weighted by molar-refractivity contribution is 0.0730. The molecule has 1 aromatic heterocycles. The van der Waals surface area contributed by atoms with Crippen LogP contribution in [0.5, 0.6) is 0 Å². The van der Waals surface area contributed by atoms with Gasteiger partial charge in [0.1, 0.15) is 5.82 Å². The molecular formula is C15H20BrN3O2. The first-order valence-corrected chi connectivity index (χ1v) is 8.30. The van der Waals surface area contributed by atoms with E-state index >= 15 is 0 Å². The average Bonchev–Trinajstić information content (AvgIpc) is 3.21. The molecule has 2 aliphatic rings. The van der Waals surface area contributed by atoms with Gasteiger partial charge in [0, 0.05) is 23.8 Å². The highest BCUT2D eigenvalue weighted by Crippen LogP contribution is 2.38. The van der Waals surface area contributed by atoms with Gasteiger partial charge < -0.3 is 15.4 Å². The van der Waals surface area contributed by atoms with Crippen LogP contribution in [0.4, 0.5) is 5.82 Å². The molecule has 5 nitrogen and oxygen atoms in total. The van der Waals surface area contributed by atoms with Crippen molar-refractivity contribution in [2.45, 2.75) is 38.3 Å². The molecule has 2 unspecified atom stereocenters. The lowest BCUT2D eigenvalue weighted by Gasteiger charge is -2.20. The van der Waals surface area contributed by atoms with Crippen LogP contribution < -0.4 is 10.6 Å². The lowest BCUT2D eigenvalue weighted by atomic mass is 10.1. The zero-order chi connectivity index (χ0) is 14.8. The lowest BCUT2D eigenvalue weighted by Crippen LogP contribution is -2.41. The van der Waals surface area contributed by atoms with Crippen molar-refractivity contribution in [3.05, 3.63) is 22.3 Å². The van der Waals surface area contributed by atoms with E-state index < -0.39 is 0 Å². The first-order valence-electron chi connectivity index (χ1n) is 7.51. The van der Waals surface area contributed by atoms with E-state index in [4.69, 9.17) is 4.74 Å². The molecular weight excluding hydrogens is 334 g/mol. The van der Waals surface area contributed by atoms with E-state index in [1.807, 2.05) is 13.0 Å². The van der Waals surface area contributed by atoms with Gasteiger partial charge in [-0.15, -0.1) is 0 Å². The summed E-state index contributed by atoms with van der Waals surface area (Å²) < 4.78 is 6.57. The van der Waals surface area contributed by atoms with Crippen molar-refractivity contribution in [2.75, 3.05) is 18.5 Å². The predicted molar refractivity (Wildman–Crippen MR) is 84.4 cm³/mol. The molecule has 1 aliphatic carbocycles. The number of amides is 1. The van der Waals surface area contributed by atoms with Gasteiger partial charge in [-0.2, -0.15) is 0 Å². The van der Waals surface area contributed by atoms with Gasteiger partial charge in [-0.1, -0.05) is 0 Å². The van der Waals surface area contributed by atoms with Gasteiger partial charge in [0.2, 0.25) is 0 Å². The van der Waals surface area contributed by atoms with E-state index in [2.05, 4.69) is 31.5 Å². The second-order valence-electron chi connectivity index (χ2n) is 5.62. The third-order valence-electron chi connectivity index (χ3n) is 3.98. The van der Waals surface area contributed by atoms with Gasteiger partial charge in [-0.3, -0.25) is 4.79 Å². The van der Waals surface area contributed by atoms with Crippen LogP contribution in [-0.4, -0.2) is 36.2 Å². The Hall–Kier alpha value is -1.14. The highest BCUT2D eigenvalue weighted by atomic mass is 79.9. The smallest absolute Gasteiger partial charge is 0.255 e. The number of carbonyl (C=O) groups excluding carboxylic acids is 1. The van der Waals surface area contributed by atoms with E-state index in [-0.39, 0.29) is 18.1 Å². The van der Waals surface area contributed by atoms with Gasteiger partial charge in [0.25, 0.3) is 5.91 Å². The largest absolute Gasteiger partial charge is 0.376 e. The fourth-order valence-electron chi connectivity index (χ4n) is 2.82. The summed E-state index contributed by atoms with van der Waals surface area (Å²) in [6.07, 6.45) is 5.22. The first-order chi connectivity index (χ1) is 10.2. The van der Waals surface area contributed by atoms with Crippen LogP contribution in [0.15, 0.2) is 16.7 Å². The van der Waals surface area contributed by atoms with Crippen LogP contribution in [0, 0.1) is 5.92 Å². The van der Waals surface area contributed by atoms with Crippen molar-refractivity contribution in [3.63, 3.8) is 0 Å². The van der Waals surface area contributed by atoms with Gasteiger partial charge in [0.15, 0.2) is 0 Å². The molecule has 0 aromatic carbocycles. The number of nitrogens with one attached hydrogen (secondary N) is 2. The Bertz CT molecular complexity index is 534. The van der Waals surface area contributed by atoms with Gasteiger partial charge >= 0.3 is 0 Å². The summed E-state index contributed by atoms with van der Waals surface area (Å²) in [5.41, 5.74) is 0.577. The maximum absolute atomic E-state index is 12.6. The highest BCUT2D eigenvalue weighted by molar-refractivity contribution is 9.10. The molecule has 6 heteroatoms. The Labute approximate surface area is 133 Å². The topological polar surface area (TPSA) is 63.2 Å². The summed E-state index contributed by atoms with van der Waals surface area (Å²) >= 11 is 3.38. The molecule has 1 amide bonds. The van der Waals surface area contributed by atoms with Crippen LogP contribution in [0.1, 0.15) is 36.5 Å². The number of anilines is 1. The van der Waals surface area contributed by atoms with E-state index in [1.54, 1.807) is 6.20 Å². The summed E-state index contributed by atoms with van der Waals surface area (Å²) in [6.45, 7) is 3.45. The summed E-state index contributed by atoms with van der Waals surface area (Å²) in [5, 5.41) is 6.26. The second-order valence-corrected chi connectivity index (χ2v) is 6.54. The summed E-state index contributed by atoms with van der Waals surface area (Å²) in [4.78, 5) is 16.8. The van der Waals surface area contributed by atoms with Crippen LogP contribution >= 0.6 is 15.9 Å². The molecule has 2 N–H and O–H groups in total. The number of rotatable bonds is 5. The molecule has 1 saturated heterocycles. The number of halogens is 1. The number of hydrogen-bond donors (Lipinski definition) is 2. The standard InChI is InChI=1S/C15H20BrN3O2/c1-2-17-14-11(7-10(16)8-18-14)15(20)19-12-5-6-21-13(12)9-3-4-9/h7-9,12-13H,2-6H2,1H3,(H,17,18)(H,19,20). The molecule has 1 aliphatic heterocycles. The minimum absolute atomic E-state index is 0.0825. The molecule has 0 bridgehead atoms. The molecule has 2 fully saturated rings. The molecule has 2 heterocycles. The normalized spacial score (nSPS) is 24.9. The van der Waals surface area contributed by atoms with E-state index in [0.29, 0.717) is 17.3 Å². The van der Waals surface area contributed by atoms with Gasteiger partial charge in [-0.25, -0.2) is 4.98 Å². The summed E-state index contributed by atoms with van der Waals surface area (Å²) in [6, 6.07) is 1.93. The van der Waals surface area contributed by atoms with Gasteiger partial charge in [0.05, 0.1) is 17.7 Å². The zero-order valence-electron chi connectivity index (χ0n) is 12.1. The van der Waals surface area contributed by atoms with E-state index in [9.17, 15) is 4.79 Å². The third-order valence-corrected chi connectivity index (χ3v) is 4.42. The number of pyridine rings is 1. The number of nitrogens with zero attached hydrogens (tertiary/aromatic N) is 1. The minimum atomic E-state index is -0.0825. The number of hydrogen-bond acceptors (Lipinski definition) is 4. The highest BCUT2D eigenvalue weighted by Gasteiger charge is 2.41. The van der Waals surface area contributed by atoms with Gasteiger partial charge in [-0.05, 0) is 54.1 Å². The molecule has 2 atom stereocenters. The minimum Gasteiger partial charge on any atom is -0.376 e. The zero-order valence-corrected chi connectivity index (χ0v) is 13.6. The van der Waals surface area contributed by atoms with Crippen molar-refractivity contribution >= 4 is 27.7 Å². The van der Waals surface area contributed by atoms with Crippen molar-refractivity contribution < 1.29 is 9.53 Å². The van der Waals surface area contributed by atoms with Crippen LogP contribution in [0.2, 0.25) is 0 Å². The van der Waals surface area contributed by atoms with E-state index in [1.165, 1.54) is 12.8 Å². The van der Waals surface area contributed by atoms with Crippen LogP contribution in [0.25, 0.3) is 0 Å². The average molecular weight is 354 g/mol. The first kappa shape index (κ1) is 14.8. The van der Waals surface area contributed by atoms with Crippen molar-refractivity contribution in [3.8, 4) is 0 Å². The van der Waals surface area contributed by atoms with Crippen LogP contribution in [-0.2, 0) is 4.74 Å². The Kier molecular flexibility index (Phi) is 4.45. The maximum atomic E-state index is 12.6. The third kappa shape index (κ3) is 3.37. The molecule has 0 radical (unpaired) electrons. The molecule has 1 aromatic rings. The number of carbonyl (C=O) groups is 1. The summed E-state index contributed by atoms with van der Waals surface area (Å²) in [5.74, 6) is 1.17. The summed E-state index contributed by atoms with van der Waals surface area (Å²) in [7, 11) is 0. The quantitative estimate of drug-likeness (QED) is 0.853. The van der Waals surface area contributed by atoms with Crippen molar-refractivity contribution in [2.24, 2.45) is 5.92 Å². The monoisotopic (exact) mass is 353 g/mol. The fourth-order valence-corrected chi connectivity index (χ4v) is 3.15. The number of aromatic nitrogens is 1. The molecule has 114 valence electrons.